The van der Waals surface area contributed by atoms with E-state index in [1.165, 1.54) is 12.8 Å². The standard InChI is InChI=1S/C13H18N4/c1-10(2)11-3-7-17(8-4-11)13-12(9-14)15-5-6-16-13/h5-6,10-11H,3-4,7-8H2,1-2H3. The number of anilines is 1. The molecule has 0 N–H and O–H groups in total. The van der Waals surface area contributed by atoms with E-state index in [0.717, 1.165) is 30.7 Å². The van der Waals surface area contributed by atoms with Gasteiger partial charge in [0.15, 0.2) is 11.5 Å². The monoisotopic (exact) mass is 230 g/mol. The van der Waals surface area contributed by atoms with Gasteiger partial charge in [-0.05, 0) is 24.7 Å². The summed E-state index contributed by atoms with van der Waals surface area (Å²) >= 11 is 0. The van der Waals surface area contributed by atoms with E-state index in [1.54, 1.807) is 12.4 Å². The summed E-state index contributed by atoms with van der Waals surface area (Å²) in [6, 6.07) is 2.11. The highest BCUT2D eigenvalue weighted by molar-refractivity contribution is 5.49. The van der Waals surface area contributed by atoms with Crippen LogP contribution in [0, 0.1) is 23.2 Å². The lowest BCUT2D eigenvalue weighted by Crippen LogP contribution is -2.36. The van der Waals surface area contributed by atoms with Crippen molar-refractivity contribution in [2.24, 2.45) is 11.8 Å². The van der Waals surface area contributed by atoms with Crippen molar-refractivity contribution in [2.45, 2.75) is 26.7 Å². The summed E-state index contributed by atoms with van der Waals surface area (Å²) in [7, 11) is 0. The van der Waals surface area contributed by atoms with Crippen LogP contribution in [-0.4, -0.2) is 23.1 Å². The van der Waals surface area contributed by atoms with Crippen LogP contribution in [0.4, 0.5) is 5.82 Å². The second-order valence-electron chi connectivity index (χ2n) is 4.91. The van der Waals surface area contributed by atoms with Gasteiger partial charge in [0.1, 0.15) is 6.07 Å². The Morgan fingerprint density at radius 2 is 1.94 bits per heavy atom. The minimum absolute atomic E-state index is 0.440. The third kappa shape index (κ3) is 2.55. The Morgan fingerprint density at radius 1 is 1.29 bits per heavy atom. The summed E-state index contributed by atoms with van der Waals surface area (Å²) in [5.74, 6) is 2.29. The molecule has 17 heavy (non-hydrogen) atoms. The highest BCUT2D eigenvalue weighted by atomic mass is 15.2. The highest BCUT2D eigenvalue weighted by Gasteiger charge is 2.23. The van der Waals surface area contributed by atoms with Crippen LogP contribution < -0.4 is 4.90 Å². The van der Waals surface area contributed by atoms with E-state index in [9.17, 15) is 0 Å². The number of nitrogens with zero attached hydrogens (tertiary/aromatic N) is 4. The first kappa shape index (κ1) is 11.8. The van der Waals surface area contributed by atoms with Crippen molar-refractivity contribution in [3.63, 3.8) is 0 Å². The second-order valence-corrected chi connectivity index (χ2v) is 4.91. The lowest BCUT2D eigenvalue weighted by atomic mass is 9.87. The lowest BCUT2D eigenvalue weighted by molar-refractivity contribution is 0.310. The fourth-order valence-corrected chi connectivity index (χ4v) is 2.42. The molecule has 1 aromatic rings. The molecule has 0 amide bonds. The highest BCUT2D eigenvalue weighted by Crippen LogP contribution is 2.27. The molecule has 0 spiro atoms. The molecule has 0 atom stereocenters. The maximum absolute atomic E-state index is 9.01. The molecule has 1 aliphatic heterocycles. The molecule has 90 valence electrons. The second kappa shape index (κ2) is 5.13. The van der Waals surface area contributed by atoms with Crippen LogP contribution in [0.25, 0.3) is 0 Å². The molecule has 4 heteroatoms. The maximum atomic E-state index is 9.01. The molecule has 4 nitrogen and oxygen atoms in total. The van der Waals surface area contributed by atoms with E-state index in [-0.39, 0.29) is 0 Å². The topological polar surface area (TPSA) is 52.8 Å². The number of rotatable bonds is 2. The van der Waals surface area contributed by atoms with Crippen LogP contribution in [0.3, 0.4) is 0 Å². The number of hydrogen-bond donors (Lipinski definition) is 0. The van der Waals surface area contributed by atoms with Crippen molar-refractivity contribution in [3.8, 4) is 6.07 Å². The third-order valence-corrected chi connectivity index (χ3v) is 3.57. The molecule has 0 aromatic carbocycles. The predicted octanol–water partition coefficient (Wildman–Crippen LogP) is 2.22. The molecule has 1 aromatic heterocycles. The number of hydrogen-bond acceptors (Lipinski definition) is 4. The molecule has 2 rings (SSSR count). The molecule has 1 fully saturated rings. The van der Waals surface area contributed by atoms with Gasteiger partial charge in [-0.25, -0.2) is 9.97 Å². The summed E-state index contributed by atoms with van der Waals surface area (Å²) in [5.41, 5.74) is 0.440. The average Bonchev–Trinajstić information content (AvgIpc) is 2.39. The lowest BCUT2D eigenvalue weighted by Gasteiger charge is -2.34. The van der Waals surface area contributed by atoms with Crippen molar-refractivity contribution in [1.82, 2.24) is 9.97 Å². The maximum Gasteiger partial charge on any atom is 0.183 e. The summed E-state index contributed by atoms with van der Waals surface area (Å²) in [4.78, 5) is 10.5. The minimum Gasteiger partial charge on any atom is -0.354 e. The van der Waals surface area contributed by atoms with Crippen LogP contribution in [-0.2, 0) is 0 Å². The SMILES string of the molecule is CC(C)C1CCN(c2nccnc2C#N)CC1. The van der Waals surface area contributed by atoms with E-state index in [0.29, 0.717) is 5.69 Å². The normalized spacial score (nSPS) is 17.2. The Hall–Kier alpha value is -1.63. The zero-order chi connectivity index (χ0) is 12.3. The summed E-state index contributed by atoms with van der Waals surface area (Å²) in [6.45, 7) is 6.53. The van der Waals surface area contributed by atoms with Gasteiger partial charge in [0.25, 0.3) is 0 Å². The number of nitriles is 1. The number of piperidine rings is 1. The summed E-state index contributed by atoms with van der Waals surface area (Å²) in [6.07, 6.45) is 5.59. The Balaban J connectivity index is 2.08. The van der Waals surface area contributed by atoms with Gasteiger partial charge in [-0.15, -0.1) is 0 Å². The molecular weight excluding hydrogens is 212 g/mol. The van der Waals surface area contributed by atoms with Crippen molar-refractivity contribution in [2.75, 3.05) is 18.0 Å². The Bertz CT molecular complexity index is 414. The van der Waals surface area contributed by atoms with Gasteiger partial charge in [0.2, 0.25) is 0 Å². The van der Waals surface area contributed by atoms with Gasteiger partial charge in [-0.2, -0.15) is 5.26 Å². The molecule has 0 bridgehead atoms. The first-order valence-corrected chi connectivity index (χ1v) is 6.18. The van der Waals surface area contributed by atoms with E-state index in [4.69, 9.17) is 5.26 Å². The van der Waals surface area contributed by atoms with E-state index in [2.05, 4.69) is 34.8 Å². The van der Waals surface area contributed by atoms with Crippen LogP contribution in [0.1, 0.15) is 32.4 Å². The van der Waals surface area contributed by atoms with Crippen molar-refractivity contribution in [1.29, 1.82) is 5.26 Å². The quantitative estimate of drug-likeness (QED) is 0.781. The zero-order valence-corrected chi connectivity index (χ0v) is 10.4. The first-order valence-electron chi connectivity index (χ1n) is 6.18. The zero-order valence-electron chi connectivity index (χ0n) is 10.4. The molecule has 2 heterocycles. The van der Waals surface area contributed by atoms with Gasteiger partial charge in [0, 0.05) is 25.5 Å². The smallest absolute Gasteiger partial charge is 0.183 e. The Kier molecular flexibility index (Phi) is 3.58. The predicted molar refractivity (Wildman–Crippen MR) is 66.5 cm³/mol. The third-order valence-electron chi connectivity index (χ3n) is 3.57. The molecule has 0 radical (unpaired) electrons. The first-order chi connectivity index (χ1) is 8.22. The van der Waals surface area contributed by atoms with Crippen molar-refractivity contribution < 1.29 is 0 Å². The van der Waals surface area contributed by atoms with Crippen LogP contribution in [0.15, 0.2) is 12.4 Å². The van der Waals surface area contributed by atoms with Crippen molar-refractivity contribution >= 4 is 5.82 Å². The van der Waals surface area contributed by atoms with Crippen LogP contribution in [0.2, 0.25) is 0 Å². The van der Waals surface area contributed by atoms with Gasteiger partial charge in [-0.1, -0.05) is 13.8 Å². The van der Waals surface area contributed by atoms with Crippen molar-refractivity contribution in [3.05, 3.63) is 18.1 Å². The van der Waals surface area contributed by atoms with Gasteiger partial charge in [-0.3, -0.25) is 0 Å². The number of aromatic nitrogens is 2. The van der Waals surface area contributed by atoms with E-state index in [1.807, 2.05) is 0 Å². The molecule has 0 unspecified atom stereocenters. The molecular formula is C13H18N4. The molecule has 0 aliphatic carbocycles. The minimum atomic E-state index is 0.440. The fraction of sp³-hybridized carbons (Fsp3) is 0.615. The average molecular weight is 230 g/mol. The molecule has 1 saturated heterocycles. The Morgan fingerprint density at radius 3 is 2.53 bits per heavy atom. The van der Waals surface area contributed by atoms with Gasteiger partial charge < -0.3 is 4.90 Å². The fourth-order valence-electron chi connectivity index (χ4n) is 2.42. The van der Waals surface area contributed by atoms with Crippen LogP contribution >= 0.6 is 0 Å². The largest absolute Gasteiger partial charge is 0.354 e. The Labute approximate surface area is 102 Å². The summed E-state index contributed by atoms with van der Waals surface area (Å²) in [5, 5.41) is 9.01. The summed E-state index contributed by atoms with van der Waals surface area (Å²) < 4.78 is 0. The van der Waals surface area contributed by atoms with E-state index >= 15 is 0 Å². The van der Waals surface area contributed by atoms with E-state index < -0.39 is 0 Å². The van der Waals surface area contributed by atoms with Gasteiger partial charge in [0.05, 0.1) is 0 Å². The van der Waals surface area contributed by atoms with Crippen LogP contribution in [0.5, 0.6) is 0 Å². The van der Waals surface area contributed by atoms with Gasteiger partial charge >= 0.3 is 0 Å². The molecule has 1 aliphatic rings. The molecule has 0 saturated carbocycles.